The maximum absolute atomic E-state index is 12.2. The van der Waals surface area contributed by atoms with E-state index in [1.165, 1.54) is 17.0 Å². The highest BCUT2D eigenvalue weighted by atomic mass is 32.2. The van der Waals surface area contributed by atoms with Crippen LogP contribution in [0.5, 0.6) is 0 Å². The molecule has 1 aliphatic rings. The molecule has 0 radical (unpaired) electrons. The molecule has 6 nitrogen and oxygen atoms in total. The van der Waals surface area contributed by atoms with Gasteiger partial charge in [-0.15, -0.1) is 0 Å². The normalized spacial score (nSPS) is 14.5. The highest BCUT2D eigenvalue weighted by Gasteiger charge is 2.24. The molecule has 0 fully saturated rings. The van der Waals surface area contributed by atoms with Crippen LogP contribution in [0, 0.1) is 6.92 Å². The third-order valence-corrected chi connectivity index (χ3v) is 5.06. The molecule has 22 heavy (non-hydrogen) atoms. The number of urea groups is 1. The monoisotopic (exact) mass is 319 g/mol. The number of rotatable bonds is 2. The molecule has 1 N–H and O–H groups in total. The highest BCUT2D eigenvalue weighted by molar-refractivity contribution is 7.90. The summed E-state index contributed by atoms with van der Waals surface area (Å²) in [5.74, 6) is 0. The standard InChI is InChI=1S/C15H17N3O3S/c1-12-4-6-14(7-5-12)22(20,21)16-15(19)18-10-9-17-8-2-3-13(17)11-18/h2-8H,9-11H2,1H3,(H,16,19). The Morgan fingerprint density at radius 2 is 1.86 bits per heavy atom. The average Bonchev–Trinajstić information content (AvgIpc) is 2.94. The van der Waals surface area contributed by atoms with Gasteiger partial charge in [-0.05, 0) is 31.2 Å². The molecule has 2 heterocycles. The number of aromatic nitrogens is 1. The van der Waals surface area contributed by atoms with Gasteiger partial charge < -0.3 is 9.47 Å². The van der Waals surface area contributed by atoms with Crippen molar-refractivity contribution in [3.05, 3.63) is 53.9 Å². The first-order valence-electron chi connectivity index (χ1n) is 6.98. The summed E-state index contributed by atoms with van der Waals surface area (Å²) < 4.78 is 28.6. The molecule has 0 spiro atoms. The van der Waals surface area contributed by atoms with Crippen molar-refractivity contribution in [2.45, 2.75) is 24.9 Å². The fourth-order valence-electron chi connectivity index (χ4n) is 2.44. The van der Waals surface area contributed by atoms with Gasteiger partial charge in [0.2, 0.25) is 0 Å². The molecule has 1 aromatic carbocycles. The van der Waals surface area contributed by atoms with E-state index in [-0.39, 0.29) is 4.90 Å². The number of amides is 2. The van der Waals surface area contributed by atoms with Gasteiger partial charge in [-0.2, -0.15) is 0 Å². The summed E-state index contributed by atoms with van der Waals surface area (Å²) in [6.07, 6.45) is 1.95. The van der Waals surface area contributed by atoms with Gasteiger partial charge in [0, 0.05) is 25.0 Å². The number of carbonyl (C=O) groups is 1. The lowest BCUT2D eigenvalue weighted by atomic mass is 10.2. The Hall–Kier alpha value is -2.28. The van der Waals surface area contributed by atoms with Gasteiger partial charge in [-0.1, -0.05) is 17.7 Å². The number of nitrogens with zero attached hydrogens (tertiary/aromatic N) is 2. The number of fused-ring (bicyclic) bond motifs is 1. The summed E-state index contributed by atoms with van der Waals surface area (Å²) in [4.78, 5) is 13.8. The Morgan fingerprint density at radius 1 is 1.14 bits per heavy atom. The van der Waals surface area contributed by atoms with Crippen molar-refractivity contribution in [1.82, 2.24) is 14.2 Å². The third-order valence-electron chi connectivity index (χ3n) is 3.73. The van der Waals surface area contributed by atoms with Crippen LogP contribution in [0.4, 0.5) is 4.79 Å². The lowest BCUT2D eigenvalue weighted by Crippen LogP contribution is -2.45. The summed E-state index contributed by atoms with van der Waals surface area (Å²) in [5.41, 5.74) is 1.95. The number of benzene rings is 1. The van der Waals surface area contributed by atoms with Crippen LogP contribution in [0.2, 0.25) is 0 Å². The summed E-state index contributed by atoms with van der Waals surface area (Å²) >= 11 is 0. The number of nitrogens with one attached hydrogen (secondary N) is 1. The molecule has 7 heteroatoms. The molecule has 0 aliphatic carbocycles. The zero-order chi connectivity index (χ0) is 15.7. The summed E-state index contributed by atoms with van der Waals surface area (Å²) in [6, 6.07) is 9.64. The van der Waals surface area contributed by atoms with E-state index >= 15 is 0 Å². The highest BCUT2D eigenvalue weighted by Crippen LogP contribution is 2.14. The maximum Gasteiger partial charge on any atom is 0.331 e. The maximum atomic E-state index is 12.2. The van der Waals surface area contributed by atoms with E-state index in [2.05, 4.69) is 9.29 Å². The molecule has 2 aromatic rings. The van der Waals surface area contributed by atoms with Crippen LogP contribution in [-0.4, -0.2) is 30.5 Å². The molecular formula is C15H17N3O3S. The second-order valence-electron chi connectivity index (χ2n) is 5.34. The Bertz CT molecular complexity index is 794. The average molecular weight is 319 g/mol. The minimum atomic E-state index is -3.84. The van der Waals surface area contributed by atoms with Crippen LogP contribution in [0.3, 0.4) is 0 Å². The van der Waals surface area contributed by atoms with Gasteiger partial charge in [-0.25, -0.2) is 17.9 Å². The second kappa shape index (κ2) is 5.49. The second-order valence-corrected chi connectivity index (χ2v) is 7.02. The van der Waals surface area contributed by atoms with Gasteiger partial charge in [0.05, 0.1) is 11.4 Å². The van der Waals surface area contributed by atoms with E-state index in [1.54, 1.807) is 12.1 Å². The minimum absolute atomic E-state index is 0.0897. The quantitative estimate of drug-likeness (QED) is 0.916. The van der Waals surface area contributed by atoms with E-state index in [9.17, 15) is 13.2 Å². The molecule has 1 aliphatic heterocycles. The van der Waals surface area contributed by atoms with Crippen molar-refractivity contribution in [3.8, 4) is 0 Å². The van der Waals surface area contributed by atoms with Crippen LogP contribution in [0.1, 0.15) is 11.3 Å². The van der Waals surface area contributed by atoms with Gasteiger partial charge in [0.1, 0.15) is 0 Å². The predicted molar refractivity (Wildman–Crippen MR) is 81.7 cm³/mol. The fraction of sp³-hybridized carbons (Fsp3) is 0.267. The smallest absolute Gasteiger partial charge is 0.331 e. The summed E-state index contributed by atoms with van der Waals surface area (Å²) in [5, 5.41) is 0. The first-order valence-corrected chi connectivity index (χ1v) is 8.46. The zero-order valence-corrected chi connectivity index (χ0v) is 13.0. The molecule has 2 amide bonds. The van der Waals surface area contributed by atoms with Crippen LogP contribution in [0.25, 0.3) is 0 Å². The molecular weight excluding hydrogens is 302 g/mol. The van der Waals surface area contributed by atoms with Crippen LogP contribution in [-0.2, 0) is 23.1 Å². The molecule has 0 atom stereocenters. The van der Waals surface area contributed by atoms with E-state index < -0.39 is 16.1 Å². The van der Waals surface area contributed by atoms with Gasteiger partial charge >= 0.3 is 6.03 Å². The Labute approximate surface area is 129 Å². The molecule has 3 rings (SSSR count). The first kappa shape index (κ1) is 14.6. The third kappa shape index (κ3) is 2.85. The number of hydrogen-bond donors (Lipinski definition) is 1. The Balaban J connectivity index is 1.73. The van der Waals surface area contributed by atoms with Crippen molar-refractivity contribution in [2.75, 3.05) is 6.54 Å². The van der Waals surface area contributed by atoms with Crippen LogP contribution >= 0.6 is 0 Å². The number of sulfonamides is 1. The van der Waals surface area contributed by atoms with Crippen molar-refractivity contribution in [2.24, 2.45) is 0 Å². The predicted octanol–water partition coefficient (Wildman–Crippen LogP) is 1.71. The van der Waals surface area contributed by atoms with Gasteiger partial charge in [-0.3, -0.25) is 0 Å². The number of carbonyl (C=O) groups excluding carboxylic acids is 1. The molecule has 1 aromatic heterocycles. The zero-order valence-electron chi connectivity index (χ0n) is 12.2. The summed E-state index contributed by atoms with van der Waals surface area (Å²) in [6.45, 7) is 3.43. The van der Waals surface area contributed by atoms with Crippen LogP contribution in [0.15, 0.2) is 47.5 Å². The van der Waals surface area contributed by atoms with Crippen molar-refractivity contribution < 1.29 is 13.2 Å². The lowest BCUT2D eigenvalue weighted by Gasteiger charge is -2.28. The first-order chi connectivity index (χ1) is 10.5. The van der Waals surface area contributed by atoms with E-state index in [0.29, 0.717) is 19.6 Å². The van der Waals surface area contributed by atoms with Gasteiger partial charge in [0.25, 0.3) is 10.0 Å². The van der Waals surface area contributed by atoms with E-state index in [1.807, 2.05) is 25.3 Å². The molecule has 116 valence electrons. The SMILES string of the molecule is Cc1ccc(S(=O)(=O)NC(=O)N2CCn3cccc3C2)cc1. The Morgan fingerprint density at radius 3 is 2.59 bits per heavy atom. The largest absolute Gasteiger partial charge is 0.348 e. The Kier molecular flexibility index (Phi) is 3.66. The van der Waals surface area contributed by atoms with Crippen molar-refractivity contribution in [3.63, 3.8) is 0 Å². The molecule has 0 saturated heterocycles. The van der Waals surface area contributed by atoms with Crippen molar-refractivity contribution >= 4 is 16.1 Å². The van der Waals surface area contributed by atoms with Gasteiger partial charge in [0.15, 0.2) is 0 Å². The number of aryl methyl sites for hydroxylation is 1. The molecule has 0 unspecified atom stereocenters. The molecule has 0 bridgehead atoms. The fourth-order valence-corrected chi connectivity index (χ4v) is 3.41. The van der Waals surface area contributed by atoms with Crippen LogP contribution < -0.4 is 4.72 Å². The van der Waals surface area contributed by atoms with Crippen molar-refractivity contribution in [1.29, 1.82) is 0 Å². The number of hydrogen-bond acceptors (Lipinski definition) is 3. The van der Waals surface area contributed by atoms with E-state index in [0.717, 1.165) is 11.3 Å². The van der Waals surface area contributed by atoms with E-state index in [4.69, 9.17) is 0 Å². The lowest BCUT2D eigenvalue weighted by molar-refractivity contribution is 0.189. The summed E-state index contributed by atoms with van der Waals surface area (Å²) in [7, 11) is -3.84. The molecule has 0 saturated carbocycles. The minimum Gasteiger partial charge on any atom is -0.348 e. The topological polar surface area (TPSA) is 71.4 Å².